The fraction of sp³-hybridized carbons (Fsp3) is 0.300. The van der Waals surface area contributed by atoms with Gasteiger partial charge in [0.05, 0.1) is 6.20 Å². The molecule has 0 N–H and O–H groups in total. The Bertz CT molecular complexity index is 1050. The van der Waals surface area contributed by atoms with Crippen molar-refractivity contribution < 1.29 is 12.8 Å². The quantitative estimate of drug-likeness (QED) is 0.629. The molecule has 6 nitrogen and oxygen atoms in total. The molecular formula is C20H20ClN3O3S. The fourth-order valence-corrected chi connectivity index (χ4v) is 5.12. The number of hydrogen-bond acceptors (Lipinski definition) is 5. The molecule has 0 aliphatic carbocycles. The minimum absolute atomic E-state index is 0.0693. The molecule has 2 aromatic heterocycles. The highest BCUT2D eigenvalue weighted by Crippen LogP contribution is 2.30. The van der Waals surface area contributed by atoms with Crippen molar-refractivity contribution in [3.8, 4) is 0 Å². The van der Waals surface area contributed by atoms with E-state index in [-0.39, 0.29) is 10.8 Å². The van der Waals surface area contributed by atoms with E-state index in [2.05, 4.69) is 9.97 Å². The third-order valence-corrected chi connectivity index (χ3v) is 7.12. The highest BCUT2D eigenvalue weighted by Gasteiger charge is 2.33. The third kappa shape index (κ3) is 3.97. The first-order valence-electron chi connectivity index (χ1n) is 9.12. The lowest BCUT2D eigenvalue weighted by molar-refractivity contribution is 0.281. The SMILES string of the molecule is O=S(=O)(c1cccnc1)N1CCC[C@@H](c2ncc(Cc3ccccc3Cl)o2)C1. The van der Waals surface area contributed by atoms with Crippen LogP contribution in [0.2, 0.25) is 5.02 Å². The van der Waals surface area contributed by atoms with E-state index in [9.17, 15) is 8.42 Å². The molecule has 3 heterocycles. The summed E-state index contributed by atoms with van der Waals surface area (Å²) in [4.78, 5) is 8.55. The molecule has 0 spiro atoms. The van der Waals surface area contributed by atoms with Crippen molar-refractivity contribution in [3.63, 3.8) is 0 Å². The molecule has 0 radical (unpaired) electrons. The molecule has 3 aromatic rings. The standard InChI is InChI=1S/C20H20ClN3O3S/c21-19-8-2-1-5-15(19)11-17-12-23-20(27-17)16-6-4-10-24(14-16)28(25,26)18-7-3-9-22-13-18/h1-3,5,7-9,12-13,16H,4,6,10-11,14H2/t16-/m1/s1. The van der Waals surface area contributed by atoms with E-state index in [0.717, 1.165) is 24.2 Å². The summed E-state index contributed by atoms with van der Waals surface area (Å²) in [7, 11) is -3.57. The van der Waals surface area contributed by atoms with Gasteiger partial charge in [-0.2, -0.15) is 4.31 Å². The van der Waals surface area contributed by atoms with Gasteiger partial charge in [0, 0.05) is 42.8 Å². The van der Waals surface area contributed by atoms with Crippen LogP contribution >= 0.6 is 11.6 Å². The maximum atomic E-state index is 12.9. The van der Waals surface area contributed by atoms with Gasteiger partial charge in [-0.05, 0) is 36.6 Å². The molecule has 1 aliphatic rings. The average Bonchev–Trinajstić information content (AvgIpc) is 3.19. The van der Waals surface area contributed by atoms with Crippen LogP contribution in [0.15, 0.2) is 64.3 Å². The number of aromatic nitrogens is 2. The molecule has 8 heteroatoms. The predicted molar refractivity (Wildman–Crippen MR) is 106 cm³/mol. The zero-order valence-corrected chi connectivity index (χ0v) is 16.7. The van der Waals surface area contributed by atoms with Crippen molar-refractivity contribution in [1.29, 1.82) is 0 Å². The van der Waals surface area contributed by atoms with Crippen LogP contribution in [0.4, 0.5) is 0 Å². The number of hydrogen-bond donors (Lipinski definition) is 0. The van der Waals surface area contributed by atoms with Crippen molar-refractivity contribution in [1.82, 2.24) is 14.3 Å². The van der Waals surface area contributed by atoms with Crippen LogP contribution in [0, 0.1) is 0 Å². The topological polar surface area (TPSA) is 76.3 Å². The molecular weight excluding hydrogens is 398 g/mol. The Kier molecular flexibility index (Phi) is 5.48. The highest BCUT2D eigenvalue weighted by molar-refractivity contribution is 7.89. The Morgan fingerprint density at radius 3 is 2.82 bits per heavy atom. The summed E-state index contributed by atoms with van der Waals surface area (Å²) in [5, 5.41) is 0.687. The maximum Gasteiger partial charge on any atom is 0.244 e. The van der Waals surface area contributed by atoms with Gasteiger partial charge in [0.1, 0.15) is 10.7 Å². The van der Waals surface area contributed by atoms with E-state index < -0.39 is 10.0 Å². The summed E-state index contributed by atoms with van der Waals surface area (Å²) < 4.78 is 33.2. The average molecular weight is 418 g/mol. The smallest absolute Gasteiger partial charge is 0.244 e. The van der Waals surface area contributed by atoms with E-state index in [1.165, 1.54) is 10.5 Å². The second-order valence-corrected chi connectivity index (χ2v) is 9.17. The molecule has 1 aliphatic heterocycles. The molecule has 0 amide bonds. The van der Waals surface area contributed by atoms with Crippen LogP contribution in [-0.4, -0.2) is 35.8 Å². The number of halogens is 1. The Morgan fingerprint density at radius 1 is 1.18 bits per heavy atom. The van der Waals surface area contributed by atoms with E-state index in [1.54, 1.807) is 24.5 Å². The van der Waals surface area contributed by atoms with Crippen molar-refractivity contribution in [2.45, 2.75) is 30.1 Å². The fourth-order valence-electron chi connectivity index (χ4n) is 3.43. The summed E-state index contributed by atoms with van der Waals surface area (Å²) in [5.41, 5.74) is 0.969. The van der Waals surface area contributed by atoms with Crippen LogP contribution in [0.25, 0.3) is 0 Å². The first kappa shape index (κ1) is 19.1. The van der Waals surface area contributed by atoms with Crippen LogP contribution in [0.3, 0.4) is 0 Å². The lowest BCUT2D eigenvalue weighted by Crippen LogP contribution is -2.39. The Labute approximate surface area is 169 Å². The predicted octanol–water partition coefficient (Wildman–Crippen LogP) is 3.88. The van der Waals surface area contributed by atoms with Crippen molar-refractivity contribution >= 4 is 21.6 Å². The van der Waals surface area contributed by atoms with Crippen LogP contribution in [0.1, 0.15) is 36.0 Å². The van der Waals surface area contributed by atoms with Crippen molar-refractivity contribution in [2.75, 3.05) is 13.1 Å². The number of nitrogens with zero attached hydrogens (tertiary/aromatic N) is 3. The molecule has 1 aromatic carbocycles. The van der Waals surface area contributed by atoms with Crippen LogP contribution in [-0.2, 0) is 16.4 Å². The number of piperidine rings is 1. The Balaban J connectivity index is 1.50. The molecule has 1 saturated heterocycles. The van der Waals surface area contributed by atoms with E-state index >= 15 is 0 Å². The number of pyridine rings is 1. The van der Waals surface area contributed by atoms with Crippen molar-refractivity contribution in [2.24, 2.45) is 0 Å². The Hall–Kier alpha value is -2.22. The Morgan fingerprint density at radius 2 is 2.04 bits per heavy atom. The van der Waals surface area contributed by atoms with Gasteiger partial charge in [-0.25, -0.2) is 13.4 Å². The maximum absolute atomic E-state index is 12.9. The number of oxazole rings is 1. The number of rotatable bonds is 5. The van der Waals surface area contributed by atoms with Gasteiger partial charge in [0.25, 0.3) is 0 Å². The molecule has 0 saturated carbocycles. The normalized spacial score (nSPS) is 18.2. The molecule has 0 unspecified atom stereocenters. The number of sulfonamides is 1. The van der Waals surface area contributed by atoms with Crippen LogP contribution in [0.5, 0.6) is 0 Å². The van der Waals surface area contributed by atoms with E-state index in [4.69, 9.17) is 16.0 Å². The lowest BCUT2D eigenvalue weighted by atomic mass is 10.00. The first-order valence-corrected chi connectivity index (χ1v) is 10.9. The van der Waals surface area contributed by atoms with Crippen molar-refractivity contribution in [3.05, 3.63) is 77.2 Å². The van der Waals surface area contributed by atoms with Gasteiger partial charge in [0.2, 0.25) is 10.0 Å². The van der Waals surface area contributed by atoms with Crippen LogP contribution < -0.4 is 0 Å². The molecule has 0 bridgehead atoms. The van der Waals surface area contributed by atoms with Gasteiger partial charge < -0.3 is 4.42 Å². The summed E-state index contributed by atoms with van der Waals surface area (Å²) >= 11 is 6.22. The highest BCUT2D eigenvalue weighted by atomic mass is 35.5. The van der Waals surface area contributed by atoms with Gasteiger partial charge in [0.15, 0.2) is 5.89 Å². The second-order valence-electron chi connectivity index (χ2n) is 6.82. The third-order valence-electron chi connectivity index (χ3n) is 4.90. The lowest BCUT2D eigenvalue weighted by Gasteiger charge is -2.30. The first-order chi connectivity index (χ1) is 13.5. The zero-order chi connectivity index (χ0) is 19.6. The molecule has 146 valence electrons. The van der Waals surface area contributed by atoms with E-state index in [1.807, 2.05) is 24.3 Å². The largest absolute Gasteiger partial charge is 0.445 e. The van der Waals surface area contributed by atoms with Gasteiger partial charge in [-0.3, -0.25) is 4.98 Å². The van der Waals surface area contributed by atoms with Gasteiger partial charge in [-0.1, -0.05) is 29.8 Å². The monoisotopic (exact) mass is 417 g/mol. The minimum Gasteiger partial charge on any atom is -0.445 e. The van der Waals surface area contributed by atoms with Gasteiger partial charge in [-0.15, -0.1) is 0 Å². The molecule has 1 fully saturated rings. The second kappa shape index (κ2) is 8.03. The summed E-state index contributed by atoms with van der Waals surface area (Å²) in [6, 6.07) is 10.8. The molecule has 28 heavy (non-hydrogen) atoms. The molecule has 1 atom stereocenters. The minimum atomic E-state index is -3.57. The number of benzene rings is 1. The molecule has 4 rings (SSSR count). The van der Waals surface area contributed by atoms with E-state index in [0.29, 0.717) is 30.4 Å². The summed E-state index contributed by atoms with van der Waals surface area (Å²) in [6.07, 6.45) is 6.79. The van der Waals surface area contributed by atoms with Gasteiger partial charge >= 0.3 is 0 Å². The summed E-state index contributed by atoms with van der Waals surface area (Å²) in [5.74, 6) is 1.23. The summed E-state index contributed by atoms with van der Waals surface area (Å²) in [6.45, 7) is 0.837. The zero-order valence-electron chi connectivity index (χ0n) is 15.2.